The Balaban J connectivity index is 2.36. The van der Waals surface area contributed by atoms with Gasteiger partial charge in [-0.05, 0) is 49.2 Å². The van der Waals surface area contributed by atoms with Crippen molar-refractivity contribution in [1.29, 1.82) is 0 Å². The fraction of sp³-hybridized carbons (Fsp3) is 0.133. The van der Waals surface area contributed by atoms with Crippen molar-refractivity contribution in [2.75, 3.05) is 0 Å². The minimum absolute atomic E-state index is 0.0595. The Morgan fingerprint density at radius 3 is 2.56 bits per heavy atom. The van der Waals surface area contributed by atoms with Crippen LogP contribution in [-0.4, -0.2) is 6.29 Å². The predicted molar refractivity (Wildman–Crippen MR) is 67.8 cm³/mol. The molecule has 0 saturated heterocycles. The number of carbonyl (C=O) groups excluding carboxylic acids is 1. The van der Waals surface area contributed by atoms with Crippen molar-refractivity contribution < 1.29 is 13.9 Å². The zero-order chi connectivity index (χ0) is 13.1. The molecule has 0 amide bonds. The van der Waals surface area contributed by atoms with E-state index < -0.39 is 5.82 Å². The molecule has 18 heavy (non-hydrogen) atoms. The standard InChI is InChI=1S/C15H13FO2/c1-10-6-7-12(8-11(10)2)18-15-5-3-4-14(16)13(15)9-17/h3-9H,1-2H3. The Labute approximate surface area is 105 Å². The smallest absolute Gasteiger partial charge is 0.156 e. The van der Waals surface area contributed by atoms with Gasteiger partial charge in [-0.1, -0.05) is 12.1 Å². The summed E-state index contributed by atoms with van der Waals surface area (Å²) in [4.78, 5) is 10.8. The highest BCUT2D eigenvalue weighted by atomic mass is 19.1. The molecule has 0 heterocycles. The van der Waals surface area contributed by atoms with E-state index in [0.29, 0.717) is 12.0 Å². The van der Waals surface area contributed by atoms with Crippen LogP contribution in [0.5, 0.6) is 11.5 Å². The van der Waals surface area contributed by atoms with E-state index in [2.05, 4.69) is 0 Å². The monoisotopic (exact) mass is 244 g/mol. The average Bonchev–Trinajstić information content (AvgIpc) is 2.34. The van der Waals surface area contributed by atoms with Crippen LogP contribution < -0.4 is 4.74 Å². The van der Waals surface area contributed by atoms with Crippen LogP contribution in [0.25, 0.3) is 0 Å². The van der Waals surface area contributed by atoms with Crippen LogP contribution >= 0.6 is 0 Å². The molecule has 2 aromatic rings. The highest BCUT2D eigenvalue weighted by Gasteiger charge is 2.09. The second kappa shape index (κ2) is 5.00. The molecule has 0 aromatic heterocycles. The minimum atomic E-state index is -0.577. The summed E-state index contributed by atoms with van der Waals surface area (Å²) in [6.45, 7) is 3.96. The molecule has 0 fully saturated rings. The number of halogens is 1. The summed E-state index contributed by atoms with van der Waals surface area (Å²) in [7, 11) is 0. The molecule has 2 rings (SSSR count). The van der Waals surface area contributed by atoms with Gasteiger partial charge in [-0.15, -0.1) is 0 Å². The summed E-state index contributed by atoms with van der Waals surface area (Å²) in [5.74, 6) is 0.242. The van der Waals surface area contributed by atoms with Crippen LogP contribution in [0.3, 0.4) is 0 Å². The summed E-state index contributed by atoms with van der Waals surface area (Å²) in [5, 5.41) is 0. The fourth-order valence-corrected chi connectivity index (χ4v) is 1.62. The molecule has 0 aliphatic heterocycles. The molecule has 0 spiro atoms. The number of hydrogen-bond donors (Lipinski definition) is 0. The first kappa shape index (κ1) is 12.3. The average molecular weight is 244 g/mol. The molecule has 0 aliphatic carbocycles. The molecular weight excluding hydrogens is 231 g/mol. The van der Waals surface area contributed by atoms with Gasteiger partial charge in [0.15, 0.2) is 6.29 Å². The van der Waals surface area contributed by atoms with Gasteiger partial charge >= 0.3 is 0 Å². The van der Waals surface area contributed by atoms with Crippen molar-refractivity contribution in [2.45, 2.75) is 13.8 Å². The van der Waals surface area contributed by atoms with Crippen LogP contribution in [0.4, 0.5) is 4.39 Å². The van der Waals surface area contributed by atoms with E-state index in [9.17, 15) is 9.18 Å². The lowest BCUT2D eigenvalue weighted by Crippen LogP contribution is -1.94. The topological polar surface area (TPSA) is 26.3 Å². The summed E-state index contributed by atoms with van der Waals surface area (Å²) in [6.07, 6.45) is 0.464. The lowest BCUT2D eigenvalue weighted by Gasteiger charge is -2.10. The van der Waals surface area contributed by atoms with E-state index in [1.54, 1.807) is 12.1 Å². The molecule has 0 N–H and O–H groups in total. The van der Waals surface area contributed by atoms with E-state index in [4.69, 9.17) is 4.74 Å². The molecule has 0 saturated carbocycles. The fourth-order valence-electron chi connectivity index (χ4n) is 1.62. The Morgan fingerprint density at radius 1 is 1.11 bits per heavy atom. The number of ether oxygens (including phenoxy) is 1. The van der Waals surface area contributed by atoms with Gasteiger partial charge in [-0.3, -0.25) is 4.79 Å². The van der Waals surface area contributed by atoms with E-state index >= 15 is 0 Å². The van der Waals surface area contributed by atoms with E-state index in [0.717, 1.165) is 11.1 Å². The maximum absolute atomic E-state index is 13.4. The van der Waals surface area contributed by atoms with Gasteiger partial charge in [0.2, 0.25) is 0 Å². The number of hydrogen-bond acceptors (Lipinski definition) is 2. The molecule has 0 radical (unpaired) electrons. The van der Waals surface area contributed by atoms with E-state index in [-0.39, 0.29) is 11.3 Å². The van der Waals surface area contributed by atoms with Crippen LogP contribution in [0.2, 0.25) is 0 Å². The van der Waals surface area contributed by atoms with Gasteiger partial charge < -0.3 is 4.74 Å². The molecule has 0 unspecified atom stereocenters. The van der Waals surface area contributed by atoms with Gasteiger partial charge in [0.05, 0.1) is 5.56 Å². The highest BCUT2D eigenvalue weighted by Crippen LogP contribution is 2.27. The molecule has 0 atom stereocenters. The SMILES string of the molecule is Cc1ccc(Oc2cccc(F)c2C=O)cc1C. The van der Waals surface area contributed by atoms with E-state index in [1.165, 1.54) is 12.1 Å². The Morgan fingerprint density at radius 2 is 1.89 bits per heavy atom. The number of carbonyl (C=O) groups is 1. The maximum atomic E-state index is 13.4. The van der Waals surface area contributed by atoms with Gasteiger partial charge in [0, 0.05) is 0 Å². The van der Waals surface area contributed by atoms with Gasteiger partial charge in [-0.25, -0.2) is 4.39 Å². The summed E-state index contributed by atoms with van der Waals surface area (Å²) in [6, 6.07) is 9.89. The van der Waals surface area contributed by atoms with Crippen molar-refractivity contribution in [3.8, 4) is 11.5 Å². The highest BCUT2D eigenvalue weighted by molar-refractivity contribution is 5.79. The van der Waals surface area contributed by atoms with Gasteiger partial charge in [0.25, 0.3) is 0 Å². The number of aryl methyl sites for hydroxylation is 2. The third kappa shape index (κ3) is 2.40. The predicted octanol–water partition coefficient (Wildman–Crippen LogP) is 4.05. The Bertz CT molecular complexity index is 591. The summed E-state index contributed by atoms with van der Waals surface area (Å²) in [5.41, 5.74) is 2.17. The second-order valence-electron chi connectivity index (χ2n) is 4.12. The maximum Gasteiger partial charge on any atom is 0.156 e. The number of benzene rings is 2. The Kier molecular flexibility index (Phi) is 3.42. The number of rotatable bonds is 3. The molecule has 3 heteroatoms. The minimum Gasteiger partial charge on any atom is -0.457 e. The van der Waals surface area contributed by atoms with Crippen molar-refractivity contribution >= 4 is 6.29 Å². The lowest BCUT2D eigenvalue weighted by molar-refractivity contribution is 0.111. The third-order valence-electron chi connectivity index (χ3n) is 2.84. The molecule has 92 valence electrons. The lowest BCUT2D eigenvalue weighted by atomic mass is 10.1. The Hall–Kier alpha value is -2.16. The van der Waals surface area contributed by atoms with Crippen molar-refractivity contribution in [2.24, 2.45) is 0 Å². The largest absolute Gasteiger partial charge is 0.457 e. The summed E-state index contributed by atoms with van der Waals surface area (Å²) >= 11 is 0. The zero-order valence-electron chi connectivity index (χ0n) is 10.2. The molecule has 2 aromatic carbocycles. The third-order valence-corrected chi connectivity index (χ3v) is 2.84. The van der Waals surface area contributed by atoms with Crippen LogP contribution in [0, 0.1) is 19.7 Å². The van der Waals surface area contributed by atoms with Crippen LogP contribution in [-0.2, 0) is 0 Å². The second-order valence-corrected chi connectivity index (χ2v) is 4.12. The normalized spacial score (nSPS) is 10.2. The summed E-state index contributed by atoms with van der Waals surface area (Å²) < 4.78 is 18.9. The molecular formula is C15H13FO2. The van der Waals surface area contributed by atoms with Crippen LogP contribution in [0.1, 0.15) is 21.5 Å². The molecule has 0 aliphatic rings. The van der Waals surface area contributed by atoms with Crippen molar-refractivity contribution in [3.63, 3.8) is 0 Å². The van der Waals surface area contributed by atoms with Crippen LogP contribution in [0.15, 0.2) is 36.4 Å². The first-order valence-electron chi connectivity index (χ1n) is 5.60. The van der Waals surface area contributed by atoms with Crippen molar-refractivity contribution in [3.05, 3.63) is 58.9 Å². The first-order chi connectivity index (χ1) is 8.61. The molecule has 2 nitrogen and oxygen atoms in total. The van der Waals surface area contributed by atoms with Gasteiger partial charge in [0.1, 0.15) is 17.3 Å². The molecule has 0 bridgehead atoms. The zero-order valence-corrected chi connectivity index (χ0v) is 10.2. The number of aldehydes is 1. The van der Waals surface area contributed by atoms with Crippen molar-refractivity contribution in [1.82, 2.24) is 0 Å². The quantitative estimate of drug-likeness (QED) is 0.761. The van der Waals surface area contributed by atoms with Gasteiger partial charge in [-0.2, -0.15) is 0 Å². The first-order valence-corrected chi connectivity index (χ1v) is 5.60. The van der Waals surface area contributed by atoms with E-state index in [1.807, 2.05) is 26.0 Å².